The number of hydrogen-bond acceptors (Lipinski definition) is 5. The second kappa shape index (κ2) is 46.9. The molecule has 7 heteroatoms. The Bertz CT molecular complexity index is 969. The molecule has 0 saturated carbocycles. The van der Waals surface area contributed by atoms with Gasteiger partial charge in [0.25, 0.3) is 0 Å². The van der Waals surface area contributed by atoms with Crippen LogP contribution >= 0.6 is 0 Å². The van der Waals surface area contributed by atoms with Gasteiger partial charge in [-0.3, -0.25) is 19.4 Å². The van der Waals surface area contributed by atoms with E-state index >= 15 is 0 Å². The van der Waals surface area contributed by atoms with Crippen molar-refractivity contribution in [2.75, 3.05) is 85.1 Å². The Balaban J connectivity index is 2.70. The molecule has 0 aromatic carbocycles. The quantitative estimate of drug-likeness (QED) is 0.0570. The van der Waals surface area contributed by atoms with Crippen molar-refractivity contribution in [2.24, 2.45) is 0 Å². The predicted octanol–water partition coefficient (Wildman–Crippen LogP) is 15.1. The zero-order valence-electron chi connectivity index (χ0n) is 44.4. The minimum atomic E-state index is 0.268. The SMILES string of the molecule is CCCCCCCCCCCCCCN(CCCCCC)CC(=O)N1CCN(C(=O)CN(CCCCCCCCC)CCN(CCCCCCCCC)CCCCCCCCC)CC1. The average Bonchev–Trinajstić information content (AvgIpc) is 3.30. The molecule has 7 nitrogen and oxygen atoms in total. The van der Waals surface area contributed by atoms with Crippen LogP contribution in [0.1, 0.15) is 272 Å². The van der Waals surface area contributed by atoms with Gasteiger partial charge in [-0.05, 0) is 64.8 Å². The molecular formula is C57H115N5O2. The highest BCUT2D eigenvalue weighted by atomic mass is 16.2. The lowest BCUT2D eigenvalue weighted by atomic mass is 10.1. The molecule has 1 aliphatic rings. The Morgan fingerprint density at radius 1 is 0.266 bits per heavy atom. The molecule has 2 amide bonds. The average molecular weight is 903 g/mol. The lowest BCUT2D eigenvalue weighted by Gasteiger charge is -2.37. The number of hydrogen-bond donors (Lipinski definition) is 0. The van der Waals surface area contributed by atoms with E-state index in [0.29, 0.717) is 39.3 Å². The molecule has 1 heterocycles. The number of amides is 2. The van der Waals surface area contributed by atoms with E-state index in [0.717, 1.165) is 32.7 Å². The van der Waals surface area contributed by atoms with Crippen molar-refractivity contribution in [3.05, 3.63) is 0 Å². The molecule has 0 spiro atoms. The van der Waals surface area contributed by atoms with Crippen LogP contribution in [-0.4, -0.2) is 121 Å². The molecule has 0 radical (unpaired) electrons. The maximum Gasteiger partial charge on any atom is 0.236 e. The highest BCUT2D eigenvalue weighted by Crippen LogP contribution is 2.15. The summed E-state index contributed by atoms with van der Waals surface area (Å²) < 4.78 is 0. The smallest absolute Gasteiger partial charge is 0.236 e. The van der Waals surface area contributed by atoms with E-state index < -0.39 is 0 Å². The molecule has 64 heavy (non-hydrogen) atoms. The Morgan fingerprint density at radius 3 is 0.719 bits per heavy atom. The zero-order chi connectivity index (χ0) is 46.4. The molecule has 0 N–H and O–H groups in total. The third-order valence-corrected chi connectivity index (χ3v) is 14.3. The fourth-order valence-corrected chi connectivity index (χ4v) is 9.76. The fraction of sp³-hybridized carbons (Fsp3) is 0.965. The first kappa shape index (κ1) is 60.8. The first-order valence-electron chi connectivity index (χ1n) is 29.2. The van der Waals surface area contributed by atoms with Crippen molar-refractivity contribution in [3.8, 4) is 0 Å². The van der Waals surface area contributed by atoms with E-state index in [1.54, 1.807) is 0 Å². The number of unbranched alkanes of at least 4 members (excludes halogenated alkanes) is 32. The van der Waals surface area contributed by atoms with Crippen LogP contribution in [0.25, 0.3) is 0 Å². The third kappa shape index (κ3) is 36.9. The van der Waals surface area contributed by atoms with Crippen molar-refractivity contribution in [1.29, 1.82) is 0 Å². The van der Waals surface area contributed by atoms with Crippen molar-refractivity contribution >= 4 is 11.8 Å². The number of rotatable bonds is 49. The second-order valence-corrected chi connectivity index (χ2v) is 20.5. The molecule has 1 aliphatic heterocycles. The van der Waals surface area contributed by atoms with Gasteiger partial charge < -0.3 is 14.7 Å². The van der Waals surface area contributed by atoms with Crippen LogP contribution in [0, 0.1) is 0 Å². The maximum absolute atomic E-state index is 14.0. The zero-order valence-corrected chi connectivity index (χ0v) is 44.4. The summed E-state index contributed by atoms with van der Waals surface area (Å²) in [6.45, 7) is 22.8. The minimum absolute atomic E-state index is 0.268. The molecule has 0 unspecified atom stereocenters. The van der Waals surface area contributed by atoms with Gasteiger partial charge in [0, 0.05) is 39.3 Å². The van der Waals surface area contributed by atoms with Crippen molar-refractivity contribution in [2.45, 2.75) is 272 Å². The minimum Gasteiger partial charge on any atom is -0.338 e. The molecular weight excluding hydrogens is 787 g/mol. The Hall–Kier alpha value is -1.18. The summed E-state index contributed by atoms with van der Waals surface area (Å²) in [4.78, 5) is 39.5. The van der Waals surface area contributed by atoms with E-state index in [1.165, 1.54) is 251 Å². The normalized spacial score (nSPS) is 13.4. The molecule has 380 valence electrons. The lowest BCUT2D eigenvalue weighted by Crippen LogP contribution is -2.54. The first-order chi connectivity index (χ1) is 31.5. The highest BCUT2D eigenvalue weighted by molar-refractivity contribution is 5.80. The Labute approximate surface area is 401 Å². The van der Waals surface area contributed by atoms with Gasteiger partial charge in [0.15, 0.2) is 0 Å². The van der Waals surface area contributed by atoms with Gasteiger partial charge in [-0.25, -0.2) is 0 Å². The van der Waals surface area contributed by atoms with Gasteiger partial charge in [-0.2, -0.15) is 0 Å². The molecule has 1 saturated heterocycles. The molecule has 0 aliphatic carbocycles. The van der Waals surface area contributed by atoms with Crippen molar-refractivity contribution in [1.82, 2.24) is 24.5 Å². The van der Waals surface area contributed by atoms with Gasteiger partial charge in [0.05, 0.1) is 13.1 Å². The van der Waals surface area contributed by atoms with Crippen LogP contribution in [-0.2, 0) is 9.59 Å². The summed E-state index contributed by atoms with van der Waals surface area (Å²) in [6, 6.07) is 0. The lowest BCUT2D eigenvalue weighted by molar-refractivity contribution is -0.140. The van der Waals surface area contributed by atoms with Crippen LogP contribution in [0.2, 0.25) is 0 Å². The summed E-state index contributed by atoms with van der Waals surface area (Å²) in [5, 5.41) is 0. The van der Waals surface area contributed by atoms with Gasteiger partial charge in [-0.1, -0.05) is 240 Å². The molecule has 1 rings (SSSR count). The molecule has 0 bridgehead atoms. The number of piperazine rings is 1. The number of nitrogens with zero attached hydrogens (tertiary/aromatic N) is 5. The van der Waals surface area contributed by atoms with Crippen LogP contribution in [0.3, 0.4) is 0 Å². The Morgan fingerprint density at radius 2 is 0.453 bits per heavy atom. The highest BCUT2D eigenvalue weighted by Gasteiger charge is 2.26. The van der Waals surface area contributed by atoms with Crippen LogP contribution in [0.4, 0.5) is 0 Å². The summed E-state index contributed by atoms with van der Waals surface area (Å²) >= 11 is 0. The topological polar surface area (TPSA) is 50.3 Å². The second-order valence-electron chi connectivity index (χ2n) is 20.5. The molecule has 1 fully saturated rings. The first-order valence-corrected chi connectivity index (χ1v) is 29.2. The van der Waals surface area contributed by atoms with E-state index in [9.17, 15) is 9.59 Å². The van der Waals surface area contributed by atoms with Crippen molar-refractivity contribution < 1.29 is 9.59 Å². The van der Waals surface area contributed by atoms with Gasteiger partial charge in [0.1, 0.15) is 0 Å². The van der Waals surface area contributed by atoms with Crippen LogP contribution in [0.5, 0.6) is 0 Å². The van der Waals surface area contributed by atoms with E-state index in [1.807, 2.05) is 0 Å². The summed E-state index contributed by atoms with van der Waals surface area (Å²) in [7, 11) is 0. The largest absolute Gasteiger partial charge is 0.338 e. The van der Waals surface area contributed by atoms with Crippen LogP contribution in [0.15, 0.2) is 0 Å². The van der Waals surface area contributed by atoms with E-state index in [4.69, 9.17) is 0 Å². The molecule has 0 aromatic rings. The third-order valence-electron chi connectivity index (χ3n) is 14.3. The number of carbonyl (C=O) groups excluding carboxylic acids is 2. The molecule has 0 atom stereocenters. The van der Waals surface area contributed by atoms with Gasteiger partial charge >= 0.3 is 0 Å². The summed E-state index contributed by atoms with van der Waals surface area (Å²) in [6.07, 6.45) is 49.5. The fourth-order valence-electron chi connectivity index (χ4n) is 9.76. The number of carbonyl (C=O) groups is 2. The Kier molecular flexibility index (Phi) is 44.6. The van der Waals surface area contributed by atoms with E-state index in [2.05, 4.69) is 59.1 Å². The summed E-state index contributed by atoms with van der Waals surface area (Å²) in [5.74, 6) is 0.536. The predicted molar refractivity (Wildman–Crippen MR) is 282 cm³/mol. The monoisotopic (exact) mass is 902 g/mol. The van der Waals surface area contributed by atoms with Gasteiger partial charge in [0.2, 0.25) is 11.8 Å². The maximum atomic E-state index is 14.0. The van der Waals surface area contributed by atoms with Crippen molar-refractivity contribution in [3.63, 3.8) is 0 Å². The standard InChI is InChI=1S/C57H115N5O2/c1-6-11-16-21-25-26-27-28-29-33-37-41-46-59(45-38-20-15-10-5)54-56(63)61-50-52-62(53-51-61)57(64)55-60(47-42-36-32-24-19-14-9-4)49-48-58(43-39-34-30-22-17-12-7-2)44-40-35-31-23-18-13-8-3/h6-55H2,1-5H3. The summed E-state index contributed by atoms with van der Waals surface area (Å²) in [5.41, 5.74) is 0. The molecule has 0 aromatic heterocycles. The van der Waals surface area contributed by atoms with Gasteiger partial charge in [-0.15, -0.1) is 0 Å². The van der Waals surface area contributed by atoms with E-state index in [-0.39, 0.29) is 11.8 Å². The van der Waals surface area contributed by atoms with Crippen LogP contribution < -0.4 is 0 Å².